The van der Waals surface area contributed by atoms with Crippen LogP contribution in [-0.2, 0) is 11.2 Å². The first-order valence-corrected chi connectivity index (χ1v) is 10.7. The first kappa shape index (κ1) is 20.5. The third kappa shape index (κ3) is 5.65. The lowest BCUT2D eigenvalue weighted by Crippen LogP contribution is -2.14. The van der Waals surface area contributed by atoms with E-state index in [4.69, 9.17) is 0 Å². The lowest BCUT2D eigenvalue weighted by atomic mass is 10.1. The Balaban J connectivity index is 1.55. The molecule has 3 aromatic carbocycles. The molecule has 0 fully saturated rings. The van der Waals surface area contributed by atoms with Gasteiger partial charge in [-0.15, -0.1) is 0 Å². The maximum Gasteiger partial charge on any atom is 0.229 e. The van der Waals surface area contributed by atoms with Gasteiger partial charge in [-0.1, -0.05) is 102 Å². The summed E-state index contributed by atoms with van der Waals surface area (Å²) in [5.74, 6) is -0.0810. The molecule has 0 unspecified atom stereocenters. The Hall–Kier alpha value is -3.77. The number of aryl methyl sites for hydroxylation is 1. The van der Waals surface area contributed by atoms with Crippen molar-refractivity contribution in [2.75, 3.05) is 10.7 Å². The number of amides is 1. The van der Waals surface area contributed by atoms with E-state index in [0.29, 0.717) is 16.6 Å². The van der Waals surface area contributed by atoms with Gasteiger partial charge in [-0.2, -0.15) is 5.10 Å². The quantitative estimate of drug-likeness (QED) is 0.292. The average Bonchev–Trinajstić information content (AvgIpc) is 3.18. The van der Waals surface area contributed by atoms with Crippen molar-refractivity contribution >= 4 is 33.6 Å². The molecule has 1 heterocycles. The summed E-state index contributed by atoms with van der Waals surface area (Å²) in [6, 6.07) is 27.6. The largest absolute Gasteiger partial charge is 0.316 e. The smallest absolute Gasteiger partial charge is 0.229 e. The van der Waals surface area contributed by atoms with Crippen LogP contribution < -0.4 is 10.7 Å². The molecule has 31 heavy (non-hydrogen) atoms. The van der Waals surface area contributed by atoms with Gasteiger partial charge in [-0.3, -0.25) is 10.2 Å². The van der Waals surface area contributed by atoms with Gasteiger partial charge in [0.1, 0.15) is 10.7 Å². The highest BCUT2D eigenvalue weighted by Crippen LogP contribution is 2.36. The Morgan fingerprint density at radius 1 is 0.968 bits per heavy atom. The second-order valence-electron chi connectivity index (χ2n) is 7.05. The molecule has 0 saturated heterocycles. The van der Waals surface area contributed by atoms with Crippen molar-refractivity contribution in [1.29, 1.82) is 0 Å². The third-order valence-electron chi connectivity index (χ3n) is 4.59. The third-order valence-corrected chi connectivity index (χ3v) is 5.46. The Labute approximate surface area is 185 Å². The number of hydrazone groups is 1. The number of aromatic nitrogens is 1. The average molecular weight is 427 g/mol. The van der Waals surface area contributed by atoms with Gasteiger partial charge in [-0.05, 0) is 18.1 Å². The van der Waals surface area contributed by atoms with Crippen molar-refractivity contribution in [2.45, 2.75) is 13.3 Å². The van der Waals surface area contributed by atoms with Crippen LogP contribution in [0.5, 0.6) is 0 Å². The van der Waals surface area contributed by atoms with Crippen LogP contribution in [-0.4, -0.2) is 17.1 Å². The molecule has 154 valence electrons. The van der Waals surface area contributed by atoms with Gasteiger partial charge >= 0.3 is 0 Å². The van der Waals surface area contributed by atoms with E-state index < -0.39 is 0 Å². The summed E-state index contributed by atoms with van der Waals surface area (Å²) in [5, 5.41) is 8.61. The molecule has 0 radical (unpaired) electrons. The predicted molar refractivity (Wildman–Crippen MR) is 129 cm³/mol. The molecule has 5 nitrogen and oxygen atoms in total. The Morgan fingerprint density at radius 2 is 1.65 bits per heavy atom. The van der Waals surface area contributed by atoms with Gasteiger partial charge < -0.3 is 5.32 Å². The van der Waals surface area contributed by atoms with Crippen LogP contribution in [0, 0.1) is 6.92 Å². The molecule has 1 amide bonds. The monoisotopic (exact) mass is 426 g/mol. The van der Waals surface area contributed by atoms with Crippen LogP contribution in [0.3, 0.4) is 0 Å². The van der Waals surface area contributed by atoms with Crippen LogP contribution >= 0.6 is 11.3 Å². The van der Waals surface area contributed by atoms with Crippen molar-refractivity contribution < 1.29 is 4.79 Å². The van der Waals surface area contributed by atoms with Crippen molar-refractivity contribution in [3.63, 3.8) is 0 Å². The highest BCUT2D eigenvalue weighted by Gasteiger charge is 2.16. The predicted octanol–water partition coefficient (Wildman–Crippen LogP) is 5.75. The first-order chi connectivity index (χ1) is 15.2. The van der Waals surface area contributed by atoms with E-state index in [0.717, 1.165) is 22.4 Å². The van der Waals surface area contributed by atoms with Crippen molar-refractivity contribution in [1.82, 2.24) is 4.98 Å². The number of benzene rings is 3. The van der Waals surface area contributed by atoms with Crippen LogP contribution in [0.4, 0.5) is 10.1 Å². The zero-order valence-electron chi connectivity index (χ0n) is 17.1. The summed E-state index contributed by atoms with van der Waals surface area (Å²) >= 11 is 1.36. The van der Waals surface area contributed by atoms with E-state index in [1.165, 1.54) is 16.9 Å². The molecule has 0 aliphatic heterocycles. The number of thiazole rings is 1. The molecule has 0 aliphatic carbocycles. The van der Waals surface area contributed by atoms with Crippen LogP contribution in [0.15, 0.2) is 90.0 Å². The van der Waals surface area contributed by atoms with Crippen molar-refractivity contribution in [3.8, 4) is 11.3 Å². The van der Waals surface area contributed by atoms with Gasteiger partial charge in [0, 0.05) is 5.56 Å². The molecule has 0 spiro atoms. The minimum atomic E-state index is -0.0810. The molecule has 0 atom stereocenters. The van der Waals surface area contributed by atoms with E-state index in [1.54, 1.807) is 6.21 Å². The lowest BCUT2D eigenvalue weighted by Gasteiger charge is -2.06. The van der Waals surface area contributed by atoms with Crippen molar-refractivity contribution in [2.24, 2.45) is 5.10 Å². The summed E-state index contributed by atoms with van der Waals surface area (Å²) in [7, 11) is 0. The minimum Gasteiger partial charge on any atom is -0.316 e. The molecular formula is C25H22N4OS. The molecule has 0 saturated carbocycles. The lowest BCUT2D eigenvalue weighted by molar-refractivity contribution is -0.115. The zero-order chi connectivity index (χ0) is 21.5. The number of carbonyl (C=O) groups excluding carboxylic acids is 1. The second-order valence-corrected chi connectivity index (χ2v) is 8.05. The van der Waals surface area contributed by atoms with E-state index >= 15 is 0 Å². The van der Waals surface area contributed by atoms with E-state index in [2.05, 4.69) is 20.8 Å². The Morgan fingerprint density at radius 3 is 2.35 bits per heavy atom. The van der Waals surface area contributed by atoms with E-state index in [-0.39, 0.29) is 5.91 Å². The number of anilines is 2. The molecule has 2 N–H and O–H groups in total. The second kappa shape index (κ2) is 9.82. The fourth-order valence-corrected chi connectivity index (χ4v) is 3.87. The van der Waals surface area contributed by atoms with Gasteiger partial charge in [0.2, 0.25) is 11.0 Å². The Bertz CT molecular complexity index is 1170. The molecular weight excluding hydrogens is 404 g/mol. The SMILES string of the molecule is Cc1ccc(-c2nc(NN=Cc3ccccc3)sc2NC(=O)Cc2ccccc2)cc1. The fourth-order valence-electron chi connectivity index (χ4n) is 3.01. The van der Waals surface area contributed by atoms with Crippen molar-refractivity contribution in [3.05, 3.63) is 102 Å². The summed E-state index contributed by atoms with van der Waals surface area (Å²) in [6.45, 7) is 2.04. The zero-order valence-corrected chi connectivity index (χ0v) is 17.9. The molecule has 6 heteroatoms. The first-order valence-electron chi connectivity index (χ1n) is 9.93. The van der Waals surface area contributed by atoms with Gasteiger partial charge in [0.25, 0.3) is 0 Å². The minimum absolute atomic E-state index is 0.0810. The summed E-state index contributed by atoms with van der Waals surface area (Å²) in [6.07, 6.45) is 2.04. The standard InChI is InChI=1S/C25H22N4OS/c1-18-12-14-21(15-13-18)23-24(27-22(30)16-19-8-4-2-5-9-19)31-25(28-23)29-26-17-20-10-6-3-7-11-20/h2-15,17H,16H2,1H3,(H,27,30)(H,28,29). The molecule has 4 rings (SSSR count). The van der Waals surface area contributed by atoms with Crippen LogP contribution in [0.25, 0.3) is 11.3 Å². The van der Waals surface area contributed by atoms with Gasteiger partial charge in [0.15, 0.2) is 0 Å². The molecule has 0 bridgehead atoms. The summed E-state index contributed by atoms with van der Waals surface area (Å²) in [4.78, 5) is 17.3. The summed E-state index contributed by atoms with van der Waals surface area (Å²) < 4.78 is 0. The number of rotatable bonds is 7. The van der Waals surface area contributed by atoms with E-state index in [9.17, 15) is 4.79 Å². The normalized spacial score (nSPS) is 10.9. The topological polar surface area (TPSA) is 66.4 Å². The van der Waals surface area contributed by atoms with Crippen LogP contribution in [0.1, 0.15) is 16.7 Å². The van der Waals surface area contributed by atoms with Gasteiger partial charge in [-0.25, -0.2) is 4.98 Å². The molecule has 1 aromatic heterocycles. The summed E-state index contributed by atoms with van der Waals surface area (Å²) in [5.41, 5.74) is 7.77. The highest BCUT2D eigenvalue weighted by atomic mass is 32.1. The van der Waals surface area contributed by atoms with E-state index in [1.807, 2.05) is 91.9 Å². The number of hydrogen-bond donors (Lipinski definition) is 2. The maximum atomic E-state index is 12.6. The highest BCUT2D eigenvalue weighted by molar-refractivity contribution is 7.20. The maximum absolute atomic E-state index is 12.6. The number of nitrogens with one attached hydrogen (secondary N) is 2. The number of carbonyl (C=O) groups is 1. The fraction of sp³-hybridized carbons (Fsp3) is 0.0800. The molecule has 0 aliphatic rings. The van der Waals surface area contributed by atoms with Gasteiger partial charge in [0.05, 0.1) is 12.6 Å². The molecule has 4 aromatic rings. The van der Waals surface area contributed by atoms with Crippen LogP contribution in [0.2, 0.25) is 0 Å². The Kier molecular flexibility index (Phi) is 6.50. The number of hydrogen-bond acceptors (Lipinski definition) is 5. The number of nitrogens with zero attached hydrogens (tertiary/aromatic N) is 2.